The number of H-pyrrole nitrogens is 1. The number of aromatic nitrogens is 2. The number of anilines is 1. The van der Waals surface area contributed by atoms with E-state index in [1.807, 2.05) is 0 Å². The average molecular weight is 177 g/mol. The Morgan fingerprint density at radius 2 is 2.36 bits per heavy atom. The summed E-state index contributed by atoms with van der Waals surface area (Å²) in [5.41, 5.74) is 10.8. The topological polar surface area (TPSA) is 97.8 Å². The Morgan fingerprint density at radius 3 is 2.73 bits per heavy atom. The summed E-state index contributed by atoms with van der Waals surface area (Å²) in [5.74, 6) is -0.0882. The number of halogens is 1. The van der Waals surface area contributed by atoms with Gasteiger partial charge in [-0.25, -0.2) is 4.98 Å². The van der Waals surface area contributed by atoms with Crippen molar-refractivity contribution in [3.8, 4) is 0 Å². The molecule has 5 nitrogen and oxygen atoms in total. The van der Waals surface area contributed by atoms with Crippen LogP contribution in [0, 0.1) is 0 Å². The van der Waals surface area contributed by atoms with E-state index >= 15 is 0 Å². The van der Waals surface area contributed by atoms with E-state index in [0.717, 1.165) is 0 Å². The molecule has 11 heavy (non-hydrogen) atoms. The van der Waals surface area contributed by atoms with Crippen molar-refractivity contribution >= 4 is 24.1 Å². The Bertz CT molecular complexity index is 246. The third-order valence-corrected chi connectivity index (χ3v) is 1.10. The first-order valence-electron chi connectivity index (χ1n) is 2.76. The quantitative estimate of drug-likeness (QED) is 0.564. The van der Waals surface area contributed by atoms with Gasteiger partial charge >= 0.3 is 0 Å². The molecule has 62 valence electrons. The Hall–Kier alpha value is -1.23. The number of nitrogens with one attached hydrogen (secondary N) is 1. The van der Waals surface area contributed by atoms with Crippen LogP contribution in [-0.2, 0) is 11.2 Å². The lowest BCUT2D eigenvalue weighted by Crippen LogP contribution is -2.14. The highest BCUT2D eigenvalue weighted by Gasteiger charge is 2.03. The van der Waals surface area contributed by atoms with Crippen molar-refractivity contribution in [2.75, 3.05) is 5.73 Å². The fourth-order valence-corrected chi connectivity index (χ4v) is 0.647. The van der Waals surface area contributed by atoms with Gasteiger partial charge in [0.2, 0.25) is 5.91 Å². The highest BCUT2D eigenvalue weighted by molar-refractivity contribution is 5.85. The fraction of sp³-hybridized carbons (Fsp3) is 0.200. The van der Waals surface area contributed by atoms with E-state index < -0.39 is 5.91 Å². The second-order valence-electron chi connectivity index (χ2n) is 1.91. The number of primary amides is 1. The summed E-state index contributed by atoms with van der Waals surface area (Å²) in [6.07, 6.45) is 1.54. The van der Waals surface area contributed by atoms with E-state index in [1.165, 1.54) is 6.33 Å². The number of carbonyl (C=O) groups excluding carboxylic acids is 1. The molecule has 1 aromatic rings. The molecule has 0 spiro atoms. The number of nitrogens with two attached hydrogens (primary N) is 2. The van der Waals surface area contributed by atoms with Crippen LogP contribution in [0.2, 0.25) is 0 Å². The number of nitrogen functional groups attached to an aromatic ring is 1. The van der Waals surface area contributed by atoms with Crippen molar-refractivity contribution in [2.24, 2.45) is 5.73 Å². The number of hydrogen-bond donors (Lipinski definition) is 3. The maximum absolute atomic E-state index is 10.3. The zero-order valence-electron chi connectivity index (χ0n) is 5.70. The summed E-state index contributed by atoms with van der Waals surface area (Å²) >= 11 is 0. The van der Waals surface area contributed by atoms with Crippen LogP contribution >= 0.6 is 12.4 Å². The Morgan fingerprint density at radius 1 is 1.73 bits per heavy atom. The lowest BCUT2D eigenvalue weighted by atomic mass is 10.3. The maximum Gasteiger partial charge on any atom is 0.223 e. The molecule has 1 amide bonds. The van der Waals surface area contributed by atoms with Gasteiger partial charge in [0.25, 0.3) is 0 Å². The Labute approximate surface area is 69.6 Å². The third-order valence-electron chi connectivity index (χ3n) is 1.10. The second-order valence-corrected chi connectivity index (χ2v) is 1.91. The molecule has 5 N–H and O–H groups in total. The summed E-state index contributed by atoms with van der Waals surface area (Å²) in [4.78, 5) is 16.7. The van der Waals surface area contributed by atoms with E-state index in [-0.39, 0.29) is 18.8 Å². The Kier molecular flexibility index (Phi) is 3.39. The number of imidazole rings is 1. The first-order valence-corrected chi connectivity index (χ1v) is 2.76. The van der Waals surface area contributed by atoms with E-state index in [4.69, 9.17) is 11.5 Å². The first kappa shape index (κ1) is 9.77. The summed E-state index contributed by atoms with van der Waals surface area (Å²) < 4.78 is 0. The number of nitrogens with zero attached hydrogens (tertiary/aromatic N) is 1. The van der Waals surface area contributed by atoms with Gasteiger partial charge in [-0.3, -0.25) is 4.79 Å². The predicted molar refractivity (Wildman–Crippen MR) is 43.1 cm³/mol. The SMILES string of the molecule is Cl.NC(=O)Cc1[nH]cnc1N. The van der Waals surface area contributed by atoms with Crippen molar-refractivity contribution < 1.29 is 4.79 Å². The van der Waals surface area contributed by atoms with Crippen molar-refractivity contribution in [3.63, 3.8) is 0 Å². The van der Waals surface area contributed by atoms with Gasteiger partial charge in [-0.05, 0) is 0 Å². The molecule has 0 saturated heterocycles. The molecule has 1 rings (SSSR count). The number of amides is 1. The van der Waals surface area contributed by atoms with E-state index in [9.17, 15) is 4.79 Å². The molecule has 0 fully saturated rings. The largest absolute Gasteiger partial charge is 0.382 e. The zero-order chi connectivity index (χ0) is 7.56. The van der Waals surface area contributed by atoms with Gasteiger partial charge in [0.05, 0.1) is 18.4 Å². The summed E-state index contributed by atoms with van der Waals surface area (Å²) in [5, 5.41) is 0. The molecule has 0 aliphatic heterocycles. The van der Waals surface area contributed by atoms with Crippen LogP contribution in [0.15, 0.2) is 6.33 Å². The molecule has 0 radical (unpaired) electrons. The van der Waals surface area contributed by atoms with Crippen LogP contribution in [0.5, 0.6) is 0 Å². The van der Waals surface area contributed by atoms with Crippen LogP contribution < -0.4 is 11.5 Å². The molecular weight excluding hydrogens is 168 g/mol. The van der Waals surface area contributed by atoms with Crippen LogP contribution in [0.4, 0.5) is 5.82 Å². The molecule has 1 aromatic heterocycles. The van der Waals surface area contributed by atoms with Crippen LogP contribution in [0.25, 0.3) is 0 Å². The minimum Gasteiger partial charge on any atom is -0.382 e. The smallest absolute Gasteiger partial charge is 0.223 e. The van der Waals surface area contributed by atoms with Crippen molar-refractivity contribution in [3.05, 3.63) is 12.0 Å². The molecule has 0 aliphatic rings. The Balaban J connectivity index is 0.000001000. The molecule has 0 atom stereocenters. The van der Waals surface area contributed by atoms with Gasteiger partial charge in [-0.2, -0.15) is 0 Å². The molecule has 6 heteroatoms. The van der Waals surface area contributed by atoms with Gasteiger partial charge in [-0.15, -0.1) is 12.4 Å². The number of hydrogen-bond acceptors (Lipinski definition) is 3. The molecule has 0 aliphatic carbocycles. The third kappa shape index (κ3) is 2.46. The normalized spacial score (nSPS) is 8.73. The monoisotopic (exact) mass is 176 g/mol. The first-order chi connectivity index (χ1) is 4.70. The predicted octanol–water partition coefficient (Wildman–Crippen LogP) is -0.559. The maximum atomic E-state index is 10.3. The highest BCUT2D eigenvalue weighted by atomic mass is 35.5. The van der Waals surface area contributed by atoms with Crippen LogP contribution in [-0.4, -0.2) is 15.9 Å². The lowest BCUT2D eigenvalue weighted by molar-refractivity contribution is -0.117. The molecule has 0 bridgehead atoms. The summed E-state index contributed by atoms with van der Waals surface area (Å²) in [6.45, 7) is 0. The molecular formula is C5H9ClN4O. The average Bonchev–Trinajstić information content (AvgIpc) is 2.15. The molecule has 0 aromatic carbocycles. The van der Waals surface area contributed by atoms with Gasteiger partial charge < -0.3 is 16.5 Å². The number of aromatic amines is 1. The van der Waals surface area contributed by atoms with Gasteiger partial charge in [0.1, 0.15) is 5.82 Å². The van der Waals surface area contributed by atoms with Crippen molar-refractivity contribution in [1.29, 1.82) is 0 Å². The standard InChI is InChI=1S/C5H8N4O.ClH/c6-4(10)1-3-5(7)9-2-8-3;/h2H,1,7H2,(H2,6,10)(H,8,9);1H. The molecule has 0 unspecified atom stereocenters. The minimum absolute atomic E-state index is 0. The second kappa shape index (κ2) is 3.82. The van der Waals surface area contributed by atoms with E-state index in [1.54, 1.807) is 0 Å². The number of rotatable bonds is 2. The lowest BCUT2D eigenvalue weighted by Gasteiger charge is -1.91. The molecule has 1 heterocycles. The van der Waals surface area contributed by atoms with Gasteiger partial charge in [0, 0.05) is 0 Å². The van der Waals surface area contributed by atoms with Crippen molar-refractivity contribution in [2.45, 2.75) is 6.42 Å². The fourth-order valence-electron chi connectivity index (χ4n) is 0.647. The summed E-state index contributed by atoms with van der Waals surface area (Å²) in [6, 6.07) is 0. The van der Waals surface area contributed by atoms with Gasteiger partial charge in [0.15, 0.2) is 0 Å². The van der Waals surface area contributed by atoms with Crippen LogP contribution in [0.1, 0.15) is 5.69 Å². The van der Waals surface area contributed by atoms with Gasteiger partial charge in [-0.1, -0.05) is 0 Å². The summed E-state index contributed by atoms with van der Waals surface area (Å²) in [7, 11) is 0. The van der Waals surface area contributed by atoms with E-state index in [2.05, 4.69) is 9.97 Å². The van der Waals surface area contributed by atoms with Crippen LogP contribution in [0.3, 0.4) is 0 Å². The number of carbonyl (C=O) groups is 1. The highest BCUT2D eigenvalue weighted by Crippen LogP contribution is 2.03. The molecule has 0 saturated carbocycles. The van der Waals surface area contributed by atoms with Crippen molar-refractivity contribution in [1.82, 2.24) is 9.97 Å². The zero-order valence-corrected chi connectivity index (χ0v) is 6.52. The van der Waals surface area contributed by atoms with E-state index in [0.29, 0.717) is 11.5 Å². The minimum atomic E-state index is -0.420.